The molecule has 2 aromatic carbocycles. The SMILES string of the molecule is COC(=O)N[C@@H](C(=O)N1[C@@H]2CC2C[C@H]1c1nc(-c2ccc(-c3ccc(-c4c[nH]c([C@@H]5CC6C[C@H]6N5C(=O)[C@H](NC(=O)O)C(C)C)n4)cc3)cc2)c[nH]1)C(C)C. The van der Waals surface area contributed by atoms with E-state index in [4.69, 9.17) is 14.7 Å². The van der Waals surface area contributed by atoms with Gasteiger partial charge in [-0.05, 0) is 60.5 Å². The van der Waals surface area contributed by atoms with Crippen LogP contribution in [0.5, 0.6) is 0 Å². The Morgan fingerprint density at radius 3 is 1.45 bits per heavy atom. The van der Waals surface area contributed by atoms with Gasteiger partial charge in [0.1, 0.15) is 23.7 Å². The van der Waals surface area contributed by atoms with Gasteiger partial charge in [0.15, 0.2) is 0 Å². The lowest BCUT2D eigenvalue weighted by atomic mass is 10.0. The Kier molecular flexibility index (Phi) is 9.38. The van der Waals surface area contributed by atoms with Gasteiger partial charge < -0.3 is 40.2 Å². The van der Waals surface area contributed by atoms with Crippen molar-refractivity contribution in [2.45, 2.75) is 89.6 Å². The van der Waals surface area contributed by atoms with E-state index in [0.717, 1.165) is 65.1 Å². The molecule has 14 heteroatoms. The van der Waals surface area contributed by atoms with Crippen molar-refractivity contribution in [3.8, 4) is 33.6 Å². The Labute approximate surface area is 319 Å². The molecular formula is C41H48N8O6. The number of benzene rings is 2. The number of hydrogen-bond acceptors (Lipinski definition) is 7. The summed E-state index contributed by atoms with van der Waals surface area (Å²) in [6.07, 6.45) is 5.50. The normalized spacial score (nSPS) is 24.6. The number of nitrogens with one attached hydrogen (secondary N) is 4. The molecule has 2 saturated carbocycles. The van der Waals surface area contributed by atoms with E-state index >= 15 is 0 Å². The highest BCUT2D eigenvalue weighted by molar-refractivity contribution is 5.88. The van der Waals surface area contributed by atoms with Crippen molar-refractivity contribution in [2.24, 2.45) is 23.7 Å². The Balaban J connectivity index is 0.933. The van der Waals surface area contributed by atoms with Gasteiger partial charge in [0.2, 0.25) is 11.8 Å². The van der Waals surface area contributed by atoms with Crippen molar-refractivity contribution in [1.29, 1.82) is 0 Å². The van der Waals surface area contributed by atoms with Crippen LogP contribution < -0.4 is 10.6 Å². The number of hydrogen-bond donors (Lipinski definition) is 5. The molecule has 8 rings (SSSR count). The molecule has 2 aromatic heterocycles. The molecule has 4 amide bonds. The summed E-state index contributed by atoms with van der Waals surface area (Å²) in [6.45, 7) is 7.53. The molecule has 0 spiro atoms. The minimum atomic E-state index is -1.20. The molecule has 4 heterocycles. The van der Waals surface area contributed by atoms with Gasteiger partial charge in [0, 0.05) is 35.6 Å². The molecule has 4 fully saturated rings. The number of carboxylic acid groups (broad SMARTS) is 1. The third-order valence-corrected chi connectivity index (χ3v) is 11.8. The number of fused-ring (bicyclic) bond motifs is 2. The number of likely N-dealkylation sites (tertiary alicyclic amines) is 2. The Morgan fingerprint density at radius 2 is 1.07 bits per heavy atom. The van der Waals surface area contributed by atoms with E-state index in [2.05, 4.69) is 44.9 Å². The molecule has 2 saturated heterocycles. The van der Waals surface area contributed by atoms with Crippen molar-refractivity contribution in [3.63, 3.8) is 0 Å². The highest BCUT2D eigenvalue weighted by Crippen LogP contribution is 2.54. The molecule has 8 atom stereocenters. The van der Waals surface area contributed by atoms with Crippen LogP contribution in [0.3, 0.4) is 0 Å². The Bertz CT molecular complexity index is 2090. The lowest BCUT2D eigenvalue weighted by Crippen LogP contribution is -2.52. The van der Waals surface area contributed by atoms with Crippen LogP contribution in [-0.4, -0.2) is 90.1 Å². The summed E-state index contributed by atoms with van der Waals surface area (Å²) in [5.74, 6) is 1.75. The van der Waals surface area contributed by atoms with Crippen LogP contribution >= 0.6 is 0 Å². The summed E-state index contributed by atoms with van der Waals surface area (Å²) < 4.78 is 4.79. The van der Waals surface area contributed by atoms with Crippen molar-refractivity contribution in [3.05, 3.63) is 72.6 Å². The van der Waals surface area contributed by atoms with Crippen molar-refractivity contribution in [2.75, 3.05) is 7.11 Å². The van der Waals surface area contributed by atoms with E-state index in [0.29, 0.717) is 17.7 Å². The zero-order chi connectivity index (χ0) is 38.7. The molecule has 2 aliphatic heterocycles. The molecular weight excluding hydrogens is 701 g/mol. The number of carbonyl (C=O) groups is 4. The molecule has 0 bridgehead atoms. The second kappa shape index (κ2) is 14.2. The maximum absolute atomic E-state index is 13.8. The molecule has 288 valence electrons. The number of nitrogens with zero attached hydrogens (tertiary/aromatic N) is 4. The Hall–Kier alpha value is -5.66. The zero-order valence-corrected chi connectivity index (χ0v) is 31.7. The number of aromatic nitrogens is 4. The first-order valence-electron chi connectivity index (χ1n) is 19.2. The minimum absolute atomic E-state index is 0.100. The highest BCUT2D eigenvalue weighted by atomic mass is 16.5. The Morgan fingerprint density at radius 1 is 0.673 bits per heavy atom. The number of rotatable bonds is 11. The predicted molar refractivity (Wildman–Crippen MR) is 203 cm³/mol. The first kappa shape index (κ1) is 36.3. The summed E-state index contributed by atoms with van der Waals surface area (Å²) in [6, 6.07) is 14.8. The summed E-state index contributed by atoms with van der Waals surface area (Å²) in [5.41, 5.74) is 5.57. The van der Waals surface area contributed by atoms with Crippen LogP contribution in [-0.2, 0) is 14.3 Å². The molecule has 2 aliphatic carbocycles. The van der Waals surface area contributed by atoms with E-state index < -0.39 is 24.3 Å². The average Bonchev–Trinajstić information content (AvgIpc) is 3.76. The molecule has 14 nitrogen and oxygen atoms in total. The fourth-order valence-electron chi connectivity index (χ4n) is 8.68. The molecule has 5 N–H and O–H groups in total. The van der Waals surface area contributed by atoms with Crippen LogP contribution in [0.2, 0.25) is 0 Å². The van der Waals surface area contributed by atoms with Crippen LogP contribution in [0.15, 0.2) is 60.9 Å². The summed E-state index contributed by atoms with van der Waals surface area (Å²) >= 11 is 0. The molecule has 2 unspecified atom stereocenters. The van der Waals surface area contributed by atoms with E-state index in [1.165, 1.54) is 7.11 Å². The van der Waals surface area contributed by atoms with Crippen LogP contribution in [0.25, 0.3) is 33.6 Å². The van der Waals surface area contributed by atoms with Crippen LogP contribution in [0.1, 0.15) is 77.1 Å². The van der Waals surface area contributed by atoms with Gasteiger partial charge in [0.25, 0.3) is 0 Å². The fourth-order valence-corrected chi connectivity index (χ4v) is 8.68. The number of amides is 4. The summed E-state index contributed by atoms with van der Waals surface area (Å²) in [7, 11) is 1.30. The largest absolute Gasteiger partial charge is 0.465 e. The number of alkyl carbamates (subject to hydrolysis) is 1. The topological polar surface area (TPSA) is 186 Å². The maximum Gasteiger partial charge on any atom is 0.407 e. The van der Waals surface area contributed by atoms with Gasteiger partial charge in [-0.25, -0.2) is 19.6 Å². The molecule has 4 aromatic rings. The van der Waals surface area contributed by atoms with Crippen molar-refractivity contribution < 1.29 is 29.0 Å². The lowest BCUT2D eigenvalue weighted by molar-refractivity contribution is -0.137. The van der Waals surface area contributed by atoms with Crippen LogP contribution in [0.4, 0.5) is 9.59 Å². The van der Waals surface area contributed by atoms with E-state index in [1.54, 1.807) is 0 Å². The number of carbonyl (C=O) groups excluding carboxylic acids is 3. The van der Waals surface area contributed by atoms with Gasteiger partial charge in [-0.15, -0.1) is 0 Å². The third-order valence-electron chi connectivity index (χ3n) is 11.8. The van der Waals surface area contributed by atoms with Gasteiger partial charge >= 0.3 is 12.2 Å². The third kappa shape index (κ3) is 6.94. The summed E-state index contributed by atoms with van der Waals surface area (Å²) in [5, 5.41) is 14.5. The quantitative estimate of drug-likeness (QED) is 0.121. The number of methoxy groups -OCH3 is 1. The first-order valence-corrected chi connectivity index (χ1v) is 19.2. The number of imidazole rings is 2. The highest BCUT2D eigenvalue weighted by Gasteiger charge is 2.57. The molecule has 55 heavy (non-hydrogen) atoms. The van der Waals surface area contributed by atoms with Crippen LogP contribution in [0, 0.1) is 23.7 Å². The number of piperidine rings is 2. The maximum atomic E-state index is 13.8. The summed E-state index contributed by atoms with van der Waals surface area (Å²) in [4.78, 5) is 71.1. The fraction of sp³-hybridized carbons (Fsp3) is 0.463. The molecule has 0 radical (unpaired) electrons. The van der Waals surface area contributed by atoms with Gasteiger partial charge in [-0.1, -0.05) is 76.2 Å². The second-order valence-corrected chi connectivity index (χ2v) is 16.1. The average molecular weight is 749 g/mol. The smallest absolute Gasteiger partial charge is 0.407 e. The van der Waals surface area contributed by atoms with Crippen molar-refractivity contribution >= 4 is 24.0 Å². The second-order valence-electron chi connectivity index (χ2n) is 16.1. The molecule has 4 aliphatic rings. The monoisotopic (exact) mass is 748 g/mol. The van der Waals surface area contributed by atoms with Gasteiger partial charge in [-0.3, -0.25) is 9.59 Å². The number of ether oxygens (including phenoxy) is 1. The van der Waals surface area contributed by atoms with Crippen molar-refractivity contribution in [1.82, 2.24) is 40.4 Å². The van der Waals surface area contributed by atoms with E-state index in [9.17, 15) is 24.3 Å². The lowest BCUT2D eigenvalue weighted by Gasteiger charge is -2.31. The van der Waals surface area contributed by atoms with Gasteiger partial charge in [0.05, 0.1) is 30.6 Å². The van der Waals surface area contributed by atoms with E-state index in [1.807, 2.05) is 74.2 Å². The minimum Gasteiger partial charge on any atom is -0.465 e. The first-order chi connectivity index (χ1) is 26.4. The number of H-pyrrole nitrogens is 2. The van der Waals surface area contributed by atoms with Gasteiger partial charge in [-0.2, -0.15) is 0 Å². The van der Waals surface area contributed by atoms with E-state index in [-0.39, 0.29) is 47.8 Å². The standard InChI is InChI=1S/C41H48N8O6/c1-20(2)34(46-40(52)53)38(50)48-30-14-26(30)16-32(48)36-42-18-28(44-36)24-10-6-22(7-11-24)23-8-12-25(13-9-23)29-19-43-37(45-29)33-17-27-15-31(27)49(33)39(51)35(21(3)4)47-41(54)55-5/h6-13,18-21,26-27,30-35,46H,14-17H2,1-5H3,(H,42,44)(H,43,45)(H,47,54)(H,52,53)/t26?,27?,30-,31-,32+,33+,34-,35-/m1/s1. The number of aromatic amines is 2. The zero-order valence-electron chi connectivity index (χ0n) is 31.7. The predicted octanol–water partition coefficient (Wildman–Crippen LogP) is 6.13.